The predicted octanol–water partition coefficient (Wildman–Crippen LogP) is 4.27. The molecule has 2 aliphatic carbocycles. The SMILES string of the molecule is CN1C=C2C(=C(C3=CCN(C4CCC(C(=O)O)CC4)CC3)C1)NN=C1C=C(F)c3cc(F)cc2c31. The fourth-order valence-electron chi connectivity index (χ4n) is 6.15. The van der Waals surface area contributed by atoms with Crippen molar-refractivity contribution < 1.29 is 18.7 Å². The number of carboxylic acids is 1. The lowest BCUT2D eigenvalue weighted by Crippen LogP contribution is -2.42. The number of nitrogens with zero attached hydrogens (tertiary/aromatic N) is 3. The van der Waals surface area contributed by atoms with Gasteiger partial charge in [-0.15, -0.1) is 0 Å². The Morgan fingerprint density at radius 3 is 2.66 bits per heavy atom. The average molecular weight is 479 g/mol. The predicted molar refractivity (Wildman–Crippen MR) is 130 cm³/mol. The molecule has 2 N–H and O–H groups in total. The van der Waals surface area contributed by atoms with Crippen LogP contribution in [0.2, 0.25) is 0 Å². The van der Waals surface area contributed by atoms with E-state index in [-0.39, 0.29) is 11.5 Å². The van der Waals surface area contributed by atoms with Crippen LogP contribution in [0.5, 0.6) is 0 Å². The van der Waals surface area contributed by atoms with Crippen molar-refractivity contribution in [3.8, 4) is 0 Å². The highest BCUT2D eigenvalue weighted by molar-refractivity contribution is 6.21. The van der Waals surface area contributed by atoms with Crippen molar-refractivity contribution in [2.75, 3.05) is 26.7 Å². The molecule has 6 nitrogen and oxygen atoms in total. The number of hydrogen-bond acceptors (Lipinski definition) is 5. The Morgan fingerprint density at radius 2 is 1.94 bits per heavy atom. The Morgan fingerprint density at radius 1 is 1.17 bits per heavy atom. The quantitative estimate of drug-likeness (QED) is 0.679. The molecule has 0 bridgehead atoms. The highest BCUT2D eigenvalue weighted by Crippen LogP contribution is 2.42. The minimum Gasteiger partial charge on any atom is -0.481 e. The van der Waals surface area contributed by atoms with Crippen molar-refractivity contribution in [2.45, 2.75) is 38.1 Å². The van der Waals surface area contributed by atoms with Crippen LogP contribution in [0.4, 0.5) is 8.78 Å². The molecule has 3 heterocycles. The van der Waals surface area contributed by atoms with Crippen LogP contribution in [0.15, 0.2) is 52.4 Å². The second-order valence-corrected chi connectivity index (χ2v) is 10.1. The number of aliphatic carboxylic acids is 1. The van der Waals surface area contributed by atoms with Gasteiger partial charge in [-0.2, -0.15) is 5.10 Å². The largest absolute Gasteiger partial charge is 0.481 e. The lowest BCUT2D eigenvalue weighted by atomic mass is 9.84. The van der Waals surface area contributed by atoms with Crippen molar-refractivity contribution in [1.29, 1.82) is 0 Å². The lowest BCUT2D eigenvalue weighted by molar-refractivity contribution is -0.143. The van der Waals surface area contributed by atoms with Crippen LogP contribution >= 0.6 is 0 Å². The van der Waals surface area contributed by atoms with Gasteiger partial charge >= 0.3 is 5.97 Å². The summed E-state index contributed by atoms with van der Waals surface area (Å²) < 4.78 is 29.0. The Balaban J connectivity index is 1.30. The van der Waals surface area contributed by atoms with Gasteiger partial charge < -0.3 is 10.0 Å². The molecule has 3 aliphatic heterocycles. The third-order valence-corrected chi connectivity index (χ3v) is 7.98. The van der Waals surface area contributed by atoms with Gasteiger partial charge in [-0.1, -0.05) is 6.08 Å². The molecular formula is C27H28F2N4O2. The van der Waals surface area contributed by atoms with Crippen molar-refractivity contribution in [2.24, 2.45) is 11.0 Å². The first kappa shape index (κ1) is 22.2. The van der Waals surface area contributed by atoms with Gasteiger partial charge in [0.25, 0.3) is 0 Å². The number of rotatable bonds is 3. The topological polar surface area (TPSA) is 68.2 Å². The molecule has 35 heavy (non-hydrogen) atoms. The standard InChI is InChI=1S/C27H28F2N4O2/c1-32-13-21(15-6-8-33(9-7-15)18-4-2-16(3-5-18)27(34)35)26-22(14-32)19-10-17(28)11-20-23(29)12-24(25(19)20)30-31-26/h6,10-12,14,16,18,31H,2-5,7-9,13H2,1H3,(H,34,35). The van der Waals surface area contributed by atoms with E-state index in [4.69, 9.17) is 0 Å². The summed E-state index contributed by atoms with van der Waals surface area (Å²) in [4.78, 5) is 15.8. The zero-order chi connectivity index (χ0) is 24.3. The first-order valence-corrected chi connectivity index (χ1v) is 12.3. The molecule has 0 radical (unpaired) electrons. The van der Waals surface area contributed by atoms with Gasteiger partial charge in [0.1, 0.15) is 11.6 Å². The molecule has 1 fully saturated rings. The monoisotopic (exact) mass is 478 g/mol. The van der Waals surface area contributed by atoms with Crippen LogP contribution < -0.4 is 5.43 Å². The van der Waals surface area contributed by atoms with Crippen LogP contribution in [-0.2, 0) is 4.79 Å². The molecule has 5 aliphatic rings. The van der Waals surface area contributed by atoms with Gasteiger partial charge in [0.15, 0.2) is 0 Å². The minimum atomic E-state index is -0.670. The maximum Gasteiger partial charge on any atom is 0.306 e. The molecule has 8 heteroatoms. The van der Waals surface area contributed by atoms with Gasteiger partial charge in [0.2, 0.25) is 0 Å². The second kappa shape index (κ2) is 8.45. The van der Waals surface area contributed by atoms with E-state index in [9.17, 15) is 18.7 Å². The first-order chi connectivity index (χ1) is 16.9. The van der Waals surface area contributed by atoms with Crippen LogP contribution in [0.3, 0.4) is 0 Å². The summed E-state index contributed by atoms with van der Waals surface area (Å²) in [6.45, 7) is 2.45. The number of allylic oxidation sites excluding steroid dienone is 2. The molecule has 1 aromatic rings. The fraction of sp³-hybridized carbons (Fsp3) is 0.407. The molecular weight excluding hydrogens is 450 g/mol. The number of carbonyl (C=O) groups is 1. The maximum atomic E-state index is 14.5. The van der Waals surface area contributed by atoms with E-state index in [0.717, 1.165) is 62.0 Å². The minimum absolute atomic E-state index is 0.202. The van der Waals surface area contributed by atoms with Crippen LogP contribution in [0.1, 0.15) is 48.8 Å². The fourth-order valence-corrected chi connectivity index (χ4v) is 6.15. The van der Waals surface area contributed by atoms with E-state index in [1.54, 1.807) is 0 Å². The smallest absolute Gasteiger partial charge is 0.306 e. The second-order valence-electron chi connectivity index (χ2n) is 10.1. The highest BCUT2D eigenvalue weighted by atomic mass is 19.1. The third kappa shape index (κ3) is 3.80. The number of nitrogens with one attached hydrogen (secondary N) is 1. The number of hydrogen-bond donors (Lipinski definition) is 2. The molecule has 0 spiro atoms. The van der Waals surface area contributed by atoms with Crippen LogP contribution in [0.25, 0.3) is 11.4 Å². The van der Waals surface area contributed by atoms with Crippen molar-refractivity contribution >= 4 is 23.1 Å². The van der Waals surface area contributed by atoms with Gasteiger partial charge in [0, 0.05) is 67.3 Å². The number of hydrazone groups is 1. The van der Waals surface area contributed by atoms with Crippen molar-refractivity contribution in [1.82, 2.24) is 15.2 Å². The molecule has 182 valence electrons. The Labute approximate surface area is 203 Å². The Bertz CT molecular complexity index is 1270. The zero-order valence-electron chi connectivity index (χ0n) is 19.7. The summed E-state index contributed by atoms with van der Waals surface area (Å²) in [5.74, 6) is -1.81. The van der Waals surface area contributed by atoms with E-state index in [2.05, 4.69) is 26.4 Å². The van der Waals surface area contributed by atoms with Crippen molar-refractivity contribution in [3.63, 3.8) is 0 Å². The van der Waals surface area contributed by atoms with Crippen LogP contribution in [-0.4, -0.2) is 59.3 Å². The third-order valence-electron chi connectivity index (χ3n) is 7.98. The van der Waals surface area contributed by atoms with E-state index in [0.29, 0.717) is 29.4 Å². The van der Waals surface area contributed by atoms with Crippen LogP contribution in [0, 0.1) is 11.7 Å². The van der Waals surface area contributed by atoms with Crippen molar-refractivity contribution in [3.05, 3.63) is 69.8 Å². The average Bonchev–Trinajstić information content (AvgIpc) is 3.08. The first-order valence-electron chi connectivity index (χ1n) is 12.3. The van der Waals surface area contributed by atoms with Gasteiger partial charge in [-0.05, 0) is 55.4 Å². The zero-order valence-corrected chi connectivity index (χ0v) is 19.7. The van der Waals surface area contributed by atoms with Gasteiger partial charge in [0.05, 0.1) is 17.3 Å². The summed E-state index contributed by atoms with van der Waals surface area (Å²) in [6.07, 6.45) is 9.84. The number of likely N-dealkylation sites (N-methyl/N-ethyl adjacent to an activating group) is 1. The van der Waals surface area contributed by atoms with E-state index in [1.807, 2.05) is 13.2 Å². The number of carboxylic acid groups (broad SMARTS) is 1. The summed E-state index contributed by atoms with van der Waals surface area (Å²) >= 11 is 0. The molecule has 0 atom stereocenters. The molecule has 0 amide bonds. The summed E-state index contributed by atoms with van der Waals surface area (Å²) in [6, 6.07) is 3.14. The molecule has 1 saturated carbocycles. The van der Waals surface area contributed by atoms with Gasteiger partial charge in [-0.25, -0.2) is 8.78 Å². The summed E-state index contributed by atoms with van der Waals surface area (Å²) in [7, 11) is 1.99. The Hall–Kier alpha value is -3.26. The van der Waals surface area contributed by atoms with Gasteiger partial charge in [-0.3, -0.25) is 15.1 Å². The number of fused-ring (bicyclic) bond motifs is 2. The molecule has 0 aromatic heterocycles. The van der Waals surface area contributed by atoms with E-state index >= 15 is 0 Å². The van der Waals surface area contributed by atoms with E-state index < -0.39 is 17.6 Å². The molecule has 0 saturated heterocycles. The molecule has 0 unspecified atom stereocenters. The number of halogens is 2. The molecule has 1 aromatic carbocycles. The number of benzene rings is 1. The summed E-state index contributed by atoms with van der Waals surface area (Å²) in [5, 5.41) is 13.8. The normalized spacial score (nSPS) is 26.1. The summed E-state index contributed by atoms with van der Waals surface area (Å²) in [5.41, 5.74) is 9.27. The maximum absolute atomic E-state index is 14.5. The lowest BCUT2D eigenvalue weighted by Gasteiger charge is -2.38. The molecule has 6 rings (SSSR count). The highest BCUT2D eigenvalue weighted by Gasteiger charge is 2.34. The van der Waals surface area contributed by atoms with E-state index in [1.165, 1.54) is 23.8 Å². The Kier molecular flexibility index (Phi) is 5.36.